The molecule has 1 aromatic carbocycles. The summed E-state index contributed by atoms with van der Waals surface area (Å²) < 4.78 is 37.8. The summed E-state index contributed by atoms with van der Waals surface area (Å²) in [5.74, 6) is 1.07. The van der Waals surface area contributed by atoms with E-state index in [2.05, 4.69) is 4.72 Å². The van der Waals surface area contributed by atoms with E-state index in [4.69, 9.17) is 9.47 Å². The first-order valence-corrected chi connectivity index (χ1v) is 7.93. The van der Waals surface area contributed by atoms with Gasteiger partial charge in [0.1, 0.15) is 13.2 Å². The van der Waals surface area contributed by atoms with Gasteiger partial charge in [-0.15, -0.1) is 0 Å². The van der Waals surface area contributed by atoms with Gasteiger partial charge in [0.15, 0.2) is 11.5 Å². The van der Waals surface area contributed by atoms with Crippen LogP contribution in [0.4, 0.5) is 0 Å². The molecular weight excluding hydrogens is 266 g/mol. The van der Waals surface area contributed by atoms with E-state index in [0.717, 1.165) is 12.8 Å². The van der Waals surface area contributed by atoms with Gasteiger partial charge in [-0.05, 0) is 25.5 Å². The number of hydrogen-bond acceptors (Lipinski definition) is 4. The van der Waals surface area contributed by atoms with Crippen molar-refractivity contribution < 1.29 is 17.9 Å². The zero-order valence-corrected chi connectivity index (χ0v) is 12.0. The van der Waals surface area contributed by atoms with E-state index >= 15 is 0 Å². The third-order valence-electron chi connectivity index (χ3n) is 2.90. The van der Waals surface area contributed by atoms with Crippen molar-refractivity contribution in [1.82, 2.24) is 4.72 Å². The molecule has 0 fully saturated rings. The van der Waals surface area contributed by atoms with Crippen molar-refractivity contribution in [2.24, 2.45) is 0 Å². The molecule has 106 valence electrons. The fourth-order valence-corrected chi connectivity index (χ4v) is 3.31. The molecule has 1 aliphatic rings. The molecule has 1 heterocycles. The van der Waals surface area contributed by atoms with Gasteiger partial charge in [0.2, 0.25) is 10.0 Å². The Morgan fingerprint density at radius 3 is 2.63 bits per heavy atom. The summed E-state index contributed by atoms with van der Waals surface area (Å²) in [7, 11) is -3.50. The maximum absolute atomic E-state index is 12.2. The number of fused-ring (bicyclic) bond motifs is 1. The molecular formula is C13H19NO4S. The van der Waals surface area contributed by atoms with E-state index in [1.54, 1.807) is 6.07 Å². The lowest BCUT2D eigenvalue weighted by Gasteiger charge is -2.19. The van der Waals surface area contributed by atoms with Crippen LogP contribution in [0.2, 0.25) is 0 Å². The fourth-order valence-electron chi connectivity index (χ4n) is 2.02. The van der Waals surface area contributed by atoms with Crippen molar-refractivity contribution in [2.45, 2.75) is 37.6 Å². The van der Waals surface area contributed by atoms with Crippen LogP contribution >= 0.6 is 0 Å². The van der Waals surface area contributed by atoms with Gasteiger partial charge in [0.25, 0.3) is 0 Å². The highest BCUT2D eigenvalue weighted by molar-refractivity contribution is 7.89. The van der Waals surface area contributed by atoms with Gasteiger partial charge >= 0.3 is 0 Å². The molecule has 0 saturated heterocycles. The van der Waals surface area contributed by atoms with Crippen LogP contribution < -0.4 is 14.2 Å². The summed E-state index contributed by atoms with van der Waals surface area (Å²) >= 11 is 0. The molecule has 0 aliphatic carbocycles. The molecule has 0 spiro atoms. The highest BCUT2D eigenvalue weighted by Gasteiger charge is 2.20. The molecule has 5 nitrogen and oxygen atoms in total. The van der Waals surface area contributed by atoms with E-state index < -0.39 is 10.0 Å². The van der Waals surface area contributed by atoms with Crippen LogP contribution in [0.1, 0.15) is 26.7 Å². The minimum absolute atomic E-state index is 0.0804. The summed E-state index contributed by atoms with van der Waals surface area (Å²) in [4.78, 5) is 0.208. The molecule has 1 N–H and O–H groups in total. The van der Waals surface area contributed by atoms with Crippen LogP contribution in [0.5, 0.6) is 11.5 Å². The highest BCUT2D eigenvalue weighted by atomic mass is 32.2. The Morgan fingerprint density at radius 1 is 1.26 bits per heavy atom. The van der Waals surface area contributed by atoms with Gasteiger partial charge in [-0.2, -0.15) is 0 Å². The highest BCUT2D eigenvalue weighted by Crippen LogP contribution is 2.32. The molecule has 0 saturated carbocycles. The van der Waals surface area contributed by atoms with Crippen molar-refractivity contribution in [1.29, 1.82) is 0 Å². The molecule has 0 aromatic heterocycles. The topological polar surface area (TPSA) is 64.6 Å². The molecule has 2 rings (SSSR count). The second-order valence-corrected chi connectivity index (χ2v) is 6.33. The normalized spacial score (nSPS) is 16.1. The third-order valence-corrected chi connectivity index (χ3v) is 4.49. The van der Waals surface area contributed by atoms with Crippen LogP contribution in [-0.2, 0) is 10.0 Å². The van der Waals surface area contributed by atoms with Gasteiger partial charge in [-0.25, -0.2) is 13.1 Å². The summed E-state index contributed by atoms with van der Waals surface area (Å²) in [6, 6.07) is 4.60. The molecule has 6 heteroatoms. The van der Waals surface area contributed by atoms with Crippen molar-refractivity contribution >= 4 is 10.0 Å². The standard InChI is InChI=1S/C13H19NO4S/c1-3-4-10(2)14-19(15,16)11-5-6-12-13(9-11)18-8-7-17-12/h5-6,9-10,14H,3-4,7-8H2,1-2H3/t10-/m1/s1. The second-order valence-electron chi connectivity index (χ2n) is 4.62. The summed E-state index contributed by atoms with van der Waals surface area (Å²) in [5, 5.41) is 0. The molecule has 0 amide bonds. The zero-order chi connectivity index (χ0) is 13.9. The minimum Gasteiger partial charge on any atom is -0.486 e. The lowest BCUT2D eigenvalue weighted by molar-refractivity contribution is 0.171. The average Bonchev–Trinajstić information content (AvgIpc) is 2.37. The maximum atomic E-state index is 12.2. The van der Waals surface area contributed by atoms with E-state index in [9.17, 15) is 8.42 Å². The van der Waals surface area contributed by atoms with Gasteiger partial charge in [-0.1, -0.05) is 13.3 Å². The summed E-state index contributed by atoms with van der Waals surface area (Å²) in [5.41, 5.74) is 0. The van der Waals surface area contributed by atoms with Crippen molar-refractivity contribution in [3.05, 3.63) is 18.2 Å². The smallest absolute Gasteiger partial charge is 0.240 e. The number of nitrogens with one attached hydrogen (secondary N) is 1. The molecule has 0 bridgehead atoms. The predicted molar refractivity (Wildman–Crippen MR) is 72.1 cm³/mol. The molecule has 1 atom stereocenters. The monoisotopic (exact) mass is 285 g/mol. The largest absolute Gasteiger partial charge is 0.486 e. The van der Waals surface area contributed by atoms with E-state index in [1.807, 2.05) is 13.8 Å². The zero-order valence-electron chi connectivity index (χ0n) is 11.2. The Bertz CT molecular complexity index is 542. The number of rotatable bonds is 5. The fraction of sp³-hybridized carbons (Fsp3) is 0.538. The first kappa shape index (κ1) is 14.1. The lowest BCUT2D eigenvalue weighted by Crippen LogP contribution is -2.32. The van der Waals surface area contributed by atoms with Crippen molar-refractivity contribution in [3.8, 4) is 11.5 Å². The Morgan fingerprint density at radius 2 is 1.95 bits per heavy atom. The average molecular weight is 285 g/mol. The van der Waals surface area contributed by atoms with Gasteiger partial charge in [0.05, 0.1) is 4.90 Å². The van der Waals surface area contributed by atoms with Crippen LogP contribution in [0.15, 0.2) is 23.1 Å². The van der Waals surface area contributed by atoms with E-state index in [0.29, 0.717) is 24.7 Å². The lowest BCUT2D eigenvalue weighted by atomic mass is 10.2. The van der Waals surface area contributed by atoms with Crippen LogP contribution in [0.25, 0.3) is 0 Å². The molecule has 1 aromatic rings. The summed E-state index contributed by atoms with van der Waals surface area (Å²) in [6.45, 7) is 4.81. The molecule has 0 unspecified atom stereocenters. The van der Waals surface area contributed by atoms with Crippen molar-refractivity contribution in [3.63, 3.8) is 0 Å². The first-order valence-electron chi connectivity index (χ1n) is 6.45. The van der Waals surface area contributed by atoms with E-state index in [-0.39, 0.29) is 10.9 Å². The Labute approximate surface area is 114 Å². The Kier molecular flexibility index (Phi) is 4.31. The maximum Gasteiger partial charge on any atom is 0.240 e. The Hall–Kier alpha value is -1.27. The number of benzene rings is 1. The predicted octanol–water partition coefficient (Wildman–Crippen LogP) is 1.92. The first-order chi connectivity index (χ1) is 9.03. The third kappa shape index (κ3) is 3.39. The van der Waals surface area contributed by atoms with Gasteiger partial charge in [0, 0.05) is 12.1 Å². The van der Waals surface area contributed by atoms with Crippen LogP contribution in [0, 0.1) is 0 Å². The van der Waals surface area contributed by atoms with Crippen molar-refractivity contribution in [2.75, 3.05) is 13.2 Å². The number of hydrogen-bond donors (Lipinski definition) is 1. The number of ether oxygens (including phenoxy) is 2. The number of sulfonamides is 1. The SMILES string of the molecule is CCC[C@@H](C)NS(=O)(=O)c1ccc2c(c1)OCCO2. The minimum atomic E-state index is -3.50. The molecule has 0 radical (unpaired) electrons. The summed E-state index contributed by atoms with van der Waals surface area (Å²) in [6.07, 6.45) is 1.74. The van der Waals surface area contributed by atoms with Gasteiger partial charge in [-0.3, -0.25) is 0 Å². The van der Waals surface area contributed by atoms with Gasteiger partial charge < -0.3 is 9.47 Å². The Balaban J connectivity index is 2.21. The van der Waals surface area contributed by atoms with Crippen LogP contribution in [-0.4, -0.2) is 27.7 Å². The molecule has 1 aliphatic heterocycles. The second kappa shape index (κ2) is 5.79. The van der Waals surface area contributed by atoms with Crippen LogP contribution in [0.3, 0.4) is 0 Å². The van der Waals surface area contributed by atoms with E-state index in [1.165, 1.54) is 12.1 Å². The quantitative estimate of drug-likeness (QED) is 0.897. The molecule has 19 heavy (non-hydrogen) atoms.